The van der Waals surface area contributed by atoms with Gasteiger partial charge in [-0.2, -0.15) is 0 Å². The molecule has 0 saturated carbocycles. The van der Waals surface area contributed by atoms with Crippen molar-refractivity contribution in [2.24, 2.45) is 0 Å². The molecule has 1 aliphatic heterocycles. The first-order valence-corrected chi connectivity index (χ1v) is 6.40. The van der Waals surface area contributed by atoms with Crippen LogP contribution in [-0.2, 0) is 11.3 Å². The highest BCUT2D eigenvalue weighted by atomic mass is 19.1. The molecule has 102 valence electrons. The number of halogens is 1. The summed E-state index contributed by atoms with van der Waals surface area (Å²) in [4.78, 5) is 4.12. The van der Waals surface area contributed by atoms with Crippen LogP contribution in [0.2, 0.25) is 0 Å². The molecule has 6 heteroatoms. The van der Waals surface area contributed by atoms with E-state index in [9.17, 15) is 9.41 Å². The molecular formula is C14H13BFNO3. The number of ether oxygens (including phenoxy) is 1. The third-order valence-corrected chi connectivity index (χ3v) is 3.23. The summed E-state index contributed by atoms with van der Waals surface area (Å²) in [6.45, 7) is 2.63. The predicted octanol–water partition coefficient (Wildman–Crippen LogP) is 1.50. The third kappa shape index (κ3) is 2.28. The molecule has 0 saturated heterocycles. The van der Waals surface area contributed by atoms with Crippen LogP contribution in [0.15, 0.2) is 30.5 Å². The van der Waals surface area contributed by atoms with Crippen LogP contribution in [0.5, 0.6) is 5.88 Å². The normalized spacial score (nSPS) is 13.4. The molecule has 3 rings (SSSR count). The van der Waals surface area contributed by atoms with E-state index in [0.717, 1.165) is 0 Å². The Labute approximate surface area is 116 Å². The average molecular weight is 273 g/mol. The van der Waals surface area contributed by atoms with Crippen molar-refractivity contribution >= 4 is 12.6 Å². The Morgan fingerprint density at radius 2 is 2.30 bits per heavy atom. The molecular weight excluding hydrogens is 260 g/mol. The Morgan fingerprint density at radius 3 is 3.00 bits per heavy atom. The highest BCUT2D eigenvalue weighted by molar-refractivity contribution is 6.61. The molecule has 1 N–H and O–H groups in total. The van der Waals surface area contributed by atoms with Crippen molar-refractivity contribution < 1.29 is 18.8 Å². The minimum atomic E-state index is -0.986. The van der Waals surface area contributed by atoms with Gasteiger partial charge >= 0.3 is 7.12 Å². The van der Waals surface area contributed by atoms with Crippen molar-refractivity contribution in [3.8, 4) is 17.0 Å². The van der Waals surface area contributed by atoms with Crippen molar-refractivity contribution in [2.45, 2.75) is 13.5 Å². The summed E-state index contributed by atoms with van der Waals surface area (Å²) in [6.07, 6.45) is 1.55. The maximum absolute atomic E-state index is 14.1. The van der Waals surface area contributed by atoms with Gasteiger partial charge in [0.05, 0.1) is 13.2 Å². The van der Waals surface area contributed by atoms with Gasteiger partial charge in [0.2, 0.25) is 5.88 Å². The number of nitrogens with zero attached hydrogens (tertiary/aromatic N) is 1. The lowest BCUT2D eigenvalue weighted by molar-refractivity contribution is 0.275. The van der Waals surface area contributed by atoms with Gasteiger partial charge in [-0.3, -0.25) is 0 Å². The smallest absolute Gasteiger partial charge is 0.478 e. The first-order chi connectivity index (χ1) is 9.69. The molecule has 0 radical (unpaired) electrons. The summed E-state index contributed by atoms with van der Waals surface area (Å²) < 4.78 is 24.4. The highest BCUT2D eigenvalue weighted by Gasteiger charge is 2.28. The van der Waals surface area contributed by atoms with Crippen LogP contribution in [0.1, 0.15) is 12.5 Å². The summed E-state index contributed by atoms with van der Waals surface area (Å²) in [5, 5.41) is 9.68. The topological polar surface area (TPSA) is 51.6 Å². The second kappa shape index (κ2) is 5.23. The number of fused-ring (bicyclic) bond motifs is 1. The Hall–Kier alpha value is -1.92. The van der Waals surface area contributed by atoms with E-state index in [1.807, 2.05) is 6.92 Å². The monoisotopic (exact) mass is 273 g/mol. The zero-order valence-corrected chi connectivity index (χ0v) is 11.0. The van der Waals surface area contributed by atoms with E-state index in [0.29, 0.717) is 34.6 Å². The Morgan fingerprint density at radius 1 is 1.45 bits per heavy atom. The van der Waals surface area contributed by atoms with Crippen LogP contribution in [0.3, 0.4) is 0 Å². The highest BCUT2D eigenvalue weighted by Crippen LogP contribution is 2.25. The van der Waals surface area contributed by atoms with E-state index < -0.39 is 7.12 Å². The van der Waals surface area contributed by atoms with E-state index in [-0.39, 0.29) is 12.4 Å². The van der Waals surface area contributed by atoms with E-state index in [4.69, 9.17) is 9.39 Å². The second-order valence-electron chi connectivity index (χ2n) is 4.51. The molecule has 1 aromatic heterocycles. The fourth-order valence-electron chi connectivity index (χ4n) is 2.24. The van der Waals surface area contributed by atoms with E-state index in [1.165, 1.54) is 6.07 Å². The number of hydrogen-bond acceptors (Lipinski definition) is 4. The summed E-state index contributed by atoms with van der Waals surface area (Å²) in [6, 6.07) is 6.44. The van der Waals surface area contributed by atoms with Gasteiger partial charge in [0, 0.05) is 23.4 Å². The summed E-state index contributed by atoms with van der Waals surface area (Å²) >= 11 is 0. The van der Waals surface area contributed by atoms with Crippen molar-refractivity contribution in [1.82, 2.24) is 4.98 Å². The number of aromatic nitrogens is 1. The van der Waals surface area contributed by atoms with Gasteiger partial charge in [-0.15, -0.1) is 0 Å². The third-order valence-electron chi connectivity index (χ3n) is 3.23. The maximum atomic E-state index is 14.1. The first kappa shape index (κ1) is 13.1. The molecule has 0 amide bonds. The van der Waals surface area contributed by atoms with Crippen LogP contribution in [0.4, 0.5) is 4.39 Å². The zero-order valence-electron chi connectivity index (χ0n) is 11.0. The SMILES string of the molecule is CCOc1ccc(-c2cc3c(cc2F)COB3O)cn1. The van der Waals surface area contributed by atoms with Gasteiger partial charge in [0.1, 0.15) is 5.82 Å². The number of rotatable bonds is 3. The van der Waals surface area contributed by atoms with Crippen molar-refractivity contribution in [3.63, 3.8) is 0 Å². The van der Waals surface area contributed by atoms with Gasteiger partial charge in [-0.1, -0.05) is 6.07 Å². The van der Waals surface area contributed by atoms with Crippen molar-refractivity contribution in [2.75, 3.05) is 6.61 Å². The lowest BCUT2D eigenvalue weighted by atomic mass is 9.78. The number of pyridine rings is 1. The van der Waals surface area contributed by atoms with Crippen molar-refractivity contribution in [1.29, 1.82) is 0 Å². The molecule has 2 aromatic rings. The predicted molar refractivity (Wildman–Crippen MR) is 73.2 cm³/mol. The Kier molecular flexibility index (Phi) is 3.42. The molecule has 1 aromatic carbocycles. The fourth-order valence-corrected chi connectivity index (χ4v) is 2.24. The number of hydrogen-bond donors (Lipinski definition) is 1. The molecule has 0 spiro atoms. The van der Waals surface area contributed by atoms with Crippen LogP contribution in [0, 0.1) is 5.82 Å². The van der Waals surface area contributed by atoms with Crippen LogP contribution >= 0.6 is 0 Å². The molecule has 4 nitrogen and oxygen atoms in total. The quantitative estimate of drug-likeness (QED) is 0.861. The average Bonchev–Trinajstić information content (AvgIpc) is 2.80. The van der Waals surface area contributed by atoms with Crippen LogP contribution < -0.4 is 10.2 Å². The largest absolute Gasteiger partial charge is 0.491 e. The number of benzene rings is 1. The van der Waals surface area contributed by atoms with E-state index in [2.05, 4.69) is 4.98 Å². The molecule has 1 aliphatic rings. The minimum Gasteiger partial charge on any atom is -0.478 e. The van der Waals surface area contributed by atoms with Gasteiger partial charge < -0.3 is 14.4 Å². The Balaban J connectivity index is 1.99. The molecule has 20 heavy (non-hydrogen) atoms. The fraction of sp³-hybridized carbons (Fsp3) is 0.214. The summed E-state index contributed by atoms with van der Waals surface area (Å²) in [5.74, 6) is 0.147. The molecule has 0 aliphatic carbocycles. The minimum absolute atomic E-state index is 0.231. The maximum Gasteiger partial charge on any atom is 0.491 e. The van der Waals surface area contributed by atoms with Gasteiger partial charge in [-0.25, -0.2) is 9.37 Å². The molecule has 0 fully saturated rings. The Bertz CT molecular complexity index is 633. The van der Waals surface area contributed by atoms with Crippen LogP contribution in [-0.4, -0.2) is 23.7 Å². The van der Waals surface area contributed by atoms with E-state index in [1.54, 1.807) is 24.4 Å². The molecule has 0 atom stereocenters. The standard InChI is InChI=1S/C14H13BFNO3/c1-2-19-14-4-3-9(7-17-14)11-6-12-10(5-13(11)16)8-20-15(12)18/h3-7,18H,2,8H2,1H3. The van der Waals surface area contributed by atoms with E-state index >= 15 is 0 Å². The van der Waals surface area contributed by atoms with Gasteiger partial charge in [0.15, 0.2) is 0 Å². The zero-order chi connectivity index (χ0) is 14.1. The van der Waals surface area contributed by atoms with Gasteiger partial charge in [-0.05, 0) is 30.1 Å². The summed E-state index contributed by atoms with van der Waals surface area (Å²) in [5.41, 5.74) is 2.31. The molecule has 2 heterocycles. The lowest BCUT2D eigenvalue weighted by Gasteiger charge is -2.08. The van der Waals surface area contributed by atoms with Crippen molar-refractivity contribution in [3.05, 3.63) is 41.8 Å². The first-order valence-electron chi connectivity index (χ1n) is 6.40. The lowest BCUT2D eigenvalue weighted by Crippen LogP contribution is -2.28. The molecule has 0 bridgehead atoms. The van der Waals surface area contributed by atoms with Gasteiger partial charge in [0.25, 0.3) is 0 Å². The summed E-state index contributed by atoms with van der Waals surface area (Å²) in [7, 11) is -0.986. The second-order valence-corrected chi connectivity index (χ2v) is 4.51. The van der Waals surface area contributed by atoms with Crippen LogP contribution in [0.25, 0.3) is 11.1 Å². The molecule has 0 unspecified atom stereocenters.